The van der Waals surface area contributed by atoms with E-state index in [1.54, 1.807) is 68.7 Å². The summed E-state index contributed by atoms with van der Waals surface area (Å²) < 4.78 is 0. The van der Waals surface area contributed by atoms with Gasteiger partial charge in [0, 0.05) is 42.8 Å². The highest BCUT2D eigenvalue weighted by Crippen LogP contribution is 2.22. The molecule has 0 saturated carbocycles. The lowest BCUT2D eigenvalue weighted by Crippen LogP contribution is -2.32. The third-order valence-corrected chi connectivity index (χ3v) is 4.74. The molecule has 2 amide bonds. The van der Waals surface area contributed by atoms with Crippen LogP contribution in [0.15, 0.2) is 67.0 Å². The topological polar surface area (TPSA) is 83.5 Å². The zero-order chi connectivity index (χ0) is 22.4. The zero-order valence-corrected chi connectivity index (χ0v) is 17.9. The number of benzene rings is 2. The molecule has 3 aromatic rings. The molecular weight excluding hydrogens is 416 g/mol. The normalized spacial score (nSPS) is 10.4. The molecule has 0 saturated heterocycles. The van der Waals surface area contributed by atoms with Crippen LogP contribution in [0, 0.1) is 0 Å². The fourth-order valence-electron chi connectivity index (χ4n) is 2.92. The van der Waals surface area contributed by atoms with E-state index in [2.05, 4.69) is 9.97 Å². The third-order valence-electron chi connectivity index (χ3n) is 4.49. The highest BCUT2D eigenvalue weighted by atomic mass is 35.5. The van der Waals surface area contributed by atoms with Crippen molar-refractivity contribution in [1.29, 1.82) is 0 Å². The molecule has 31 heavy (non-hydrogen) atoms. The maximum absolute atomic E-state index is 13.1. The van der Waals surface area contributed by atoms with E-state index in [1.807, 2.05) is 0 Å². The van der Waals surface area contributed by atoms with Crippen LogP contribution in [-0.4, -0.2) is 46.6 Å². The van der Waals surface area contributed by atoms with E-state index in [-0.39, 0.29) is 18.3 Å². The van der Waals surface area contributed by atoms with Gasteiger partial charge in [-0.05, 0) is 42.0 Å². The standard InChI is InChI=1S/C23H21ClN4O3/c1-27(2)23(31)17-5-3-6-19(13-17)28(15-16-7-9-18(24)10-8-16)21(30)14-20(29)22-25-11-4-12-26-22/h3-13H,14-15H2,1-2H3. The lowest BCUT2D eigenvalue weighted by atomic mass is 10.1. The second kappa shape index (κ2) is 9.95. The number of hydrogen-bond donors (Lipinski definition) is 0. The number of nitrogens with zero attached hydrogens (tertiary/aromatic N) is 4. The fourth-order valence-corrected chi connectivity index (χ4v) is 3.04. The minimum Gasteiger partial charge on any atom is -0.345 e. The number of carbonyl (C=O) groups excluding carboxylic acids is 3. The van der Waals surface area contributed by atoms with Crippen molar-refractivity contribution in [1.82, 2.24) is 14.9 Å². The molecule has 0 N–H and O–H groups in total. The minimum atomic E-state index is -0.479. The van der Waals surface area contributed by atoms with E-state index in [0.29, 0.717) is 16.3 Å². The van der Waals surface area contributed by atoms with Gasteiger partial charge >= 0.3 is 0 Å². The van der Waals surface area contributed by atoms with E-state index in [4.69, 9.17) is 11.6 Å². The largest absolute Gasteiger partial charge is 0.345 e. The summed E-state index contributed by atoms with van der Waals surface area (Å²) in [6.45, 7) is 0.207. The van der Waals surface area contributed by atoms with E-state index in [1.165, 1.54) is 22.2 Å². The third kappa shape index (κ3) is 5.73. The van der Waals surface area contributed by atoms with Crippen LogP contribution >= 0.6 is 11.6 Å². The molecule has 7 nitrogen and oxygen atoms in total. The second-order valence-electron chi connectivity index (χ2n) is 7.03. The van der Waals surface area contributed by atoms with E-state index in [0.717, 1.165) is 5.56 Å². The second-order valence-corrected chi connectivity index (χ2v) is 7.47. The van der Waals surface area contributed by atoms with Gasteiger partial charge in [0.05, 0.1) is 13.0 Å². The Hall–Kier alpha value is -3.58. The van der Waals surface area contributed by atoms with Gasteiger partial charge in [-0.1, -0.05) is 29.8 Å². The highest BCUT2D eigenvalue weighted by molar-refractivity contribution is 6.30. The van der Waals surface area contributed by atoms with Crippen LogP contribution in [0.5, 0.6) is 0 Å². The Balaban J connectivity index is 1.92. The van der Waals surface area contributed by atoms with Gasteiger partial charge < -0.3 is 9.80 Å². The molecule has 8 heteroatoms. The first-order chi connectivity index (χ1) is 14.8. The van der Waals surface area contributed by atoms with Crippen LogP contribution in [0.2, 0.25) is 5.02 Å². The van der Waals surface area contributed by atoms with Crippen molar-refractivity contribution in [2.45, 2.75) is 13.0 Å². The van der Waals surface area contributed by atoms with Crippen LogP contribution in [0.4, 0.5) is 5.69 Å². The van der Waals surface area contributed by atoms with Crippen molar-refractivity contribution in [3.05, 3.63) is 89.0 Å². The number of rotatable bonds is 7. The number of amides is 2. The Labute approximate surface area is 185 Å². The van der Waals surface area contributed by atoms with Gasteiger partial charge in [-0.3, -0.25) is 14.4 Å². The summed E-state index contributed by atoms with van der Waals surface area (Å²) in [4.78, 5) is 48.8. The number of carbonyl (C=O) groups is 3. The summed E-state index contributed by atoms with van der Waals surface area (Å²) in [6.07, 6.45) is 2.50. The summed E-state index contributed by atoms with van der Waals surface area (Å²) >= 11 is 5.97. The van der Waals surface area contributed by atoms with Crippen molar-refractivity contribution in [2.24, 2.45) is 0 Å². The molecule has 0 unspecified atom stereocenters. The first-order valence-corrected chi connectivity index (χ1v) is 9.89. The van der Waals surface area contributed by atoms with E-state index in [9.17, 15) is 14.4 Å². The van der Waals surface area contributed by atoms with Crippen molar-refractivity contribution in [2.75, 3.05) is 19.0 Å². The monoisotopic (exact) mass is 436 g/mol. The molecule has 0 aliphatic rings. The molecule has 0 bridgehead atoms. The van der Waals surface area contributed by atoms with E-state index < -0.39 is 18.1 Å². The molecule has 3 rings (SSSR count). The van der Waals surface area contributed by atoms with Crippen LogP contribution in [0.1, 0.15) is 33.0 Å². The lowest BCUT2D eigenvalue weighted by Gasteiger charge is -2.24. The number of anilines is 1. The van der Waals surface area contributed by atoms with Gasteiger partial charge in [-0.15, -0.1) is 0 Å². The number of ketones is 1. The van der Waals surface area contributed by atoms with Crippen molar-refractivity contribution in [3.8, 4) is 0 Å². The molecule has 0 atom stereocenters. The Bertz CT molecular complexity index is 1090. The number of hydrogen-bond acceptors (Lipinski definition) is 5. The smallest absolute Gasteiger partial charge is 0.253 e. The first-order valence-electron chi connectivity index (χ1n) is 9.52. The van der Waals surface area contributed by atoms with Gasteiger partial charge in [0.25, 0.3) is 5.91 Å². The first kappa shape index (κ1) is 22.1. The van der Waals surface area contributed by atoms with Gasteiger partial charge in [0.1, 0.15) is 0 Å². The van der Waals surface area contributed by atoms with Crippen LogP contribution in [0.25, 0.3) is 0 Å². The molecule has 0 aliphatic heterocycles. The molecule has 0 spiro atoms. The van der Waals surface area contributed by atoms with Crippen molar-refractivity contribution < 1.29 is 14.4 Å². The van der Waals surface area contributed by atoms with E-state index >= 15 is 0 Å². The molecule has 158 valence electrons. The average molecular weight is 437 g/mol. The maximum atomic E-state index is 13.1. The molecule has 0 radical (unpaired) electrons. The quantitative estimate of drug-likeness (QED) is 0.417. The summed E-state index contributed by atoms with van der Waals surface area (Å²) in [5.74, 6) is -1.11. The van der Waals surface area contributed by atoms with Gasteiger partial charge in [-0.2, -0.15) is 0 Å². The molecule has 2 aromatic carbocycles. The molecular formula is C23H21ClN4O3. The Kier molecular flexibility index (Phi) is 7.10. The SMILES string of the molecule is CN(C)C(=O)c1cccc(N(Cc2ccc(Cl)cc2)C(=O)CC(=O)c2ncccn2)c1. The molecule has 1 aromatic heterocycles. The Morgan fingerprint density at radius 3 is 2.26 bits per heavy atom. The van der Waals surface area contributed by atoms with Gasteiger partial charge in [0.15, 0.2) is 5.82 Å². The number of aromatic nitrogens is 2. The number of Topliss-reactive ketones (excluding diaryl/α,β-unsaturated/α-hetero) is 1. The Morgan fingerprint density at radius 2 is 1.61 bits per heavy atom. The summed E-state index contributed by atoms with van der Waals surface area (Å²) in [7, 11) is 3.31. The van der Waals surface area contributed by atoms with Crippen molar-refractivity contribution >= 4 is 34.9 Å². The predicted octanol–water partition coefficient (Wildman–Crippen LogP) is 3.64. The summed E-state index contributed by atoms with van der Waals surface area (Å²) in [5, 5.41) is 0.580. The fraction of sp³-hybridized carbons (Fsp3) is 0.174. The zero-order valence-electron chi connectivity index (χ0n) is 17.2. The van der Waals surface area contributed by atoms with Gasteiger partial charge in [-0.25, -0.2) is 9.97 Å². The highest BCUT2D eigenvalue weighted by Gasteiger charge is 2.22. The summed E-state index contributed by atoms with van der Waals surface area (Å²) in [5.41, 5.74) is 1.77. The maximum Gasteiger partial charge on any atom is 0.253 e. The van der Waals surface area contributed by atoms with Gasteiger partial charge in [0.2, 0.25) is 11.7 Å². The number of halogens is 1. The molecule has 1 heterocycles. The molecule has 0 aliphatic carbocycles. The Morgan fingerprint density at radius 1 is 0.935 bits per heavy atom. The van der Waals surface area contributed by atoms with Crippen LogP contribution in [0.3, 0.4) is 0 Å². The van der Waals surface area contributed by atoms with Crippen LogP contribution in [-0.2, 0) is 11.3 Å². The van der Waals surface area contributed by atoms with Crippen LogP contribution < -0.4 is 4.90 Å². The van der Waals surface area contributed by atoms with Crippen molar-refractivity contribution in [3.63, 3.8) is 0 Å². The predicted molar refractivity (Wildman–Crippen MR) is 118 cm³/mol. The molecule has 0 fully saturated rings. The average Bonchev–Trinajstić information content (AvgIpc) is 2.78. The minimum absolute atomic E-state index is 0.0150. The summed E-state index contributed by atoms with van der Waals surface area (Å²) in [6, 6.07) is 15.4. The lowest BCUT2D eigenvalue weighted by molar-refractivity contribution is -0.117.